The van der Waals surface area contributed by atoms with E-state index in [1.54, 1.807) is 50.2 Å². The van der Waals surface area contributed by atoms with Crippen molar-refractivity contribution in [2.45, 2.75) is 37.6 Å². The number of amides is 1. The molecule has 132 valence electrons. The predicted molar refractivity (Wildman–Crippen MR) is 98.3 cm³/mol. The van der Waals surface area contributed by atoms with Gasteiger partial charge in [0.05, 0.1) is 10.6 Å². The van der Waals surface area contributed by atoms with Gasteiger partial charge in [0.1, 0.15) is 0 Å². The highest BCUT2D eigenvalue weighted by Crippen LogP contribution is 2.27. The third-order valence-electron chi connectivity index (χ3n) is 4.26. The zero-order valence-corrected chi connectivity index (χ0v) is 15.2. The fraction of sp³-hybridized carbons (Fsp3) is 0.316. The molecule has 2 aromatic rings. The topological polar surface area (TPSA) is 66.5 Å². The minimum Gasteiger partial charge on any atom is -0.349 e. The average molecular weight is 358 g/mol. The first-order valence-electron chi connectivity index (χ1n) is 8.42. The molecule has 1 fully saturated rings. The van der Waals surface area contributed by atoms with Crippen molar-refractivity contribution in [2.75, 3.05) is 10.8 Å². The van der Waals surface area contributed by atoms with Crippen LogP contribution in [0.5, 0.6) is 0 Å². The van der Waals surface area contributed by atoms with E-state index in [0.29, 0.717) is 23.4 Å². The van der Waals surface area contributed by atoms with Crippen molar-refractivity contribution >= 4 is 21.6 Å². The number of rotatable bonds is 6. The van der Waals surface area contributed by atoms with Crippen LogP contribution in [-0.2, 0) is 10.0 Å². The second-order valence-electron chi connectivity index (χ2n) is 6.23. The van der Waals surface area contributed by atoms with Crippen LogP contribution in [0.2, 0.25) is 0 Å². The van der Waals surface area contributed by atoms with Gasteiger partial charge in [-0.1, -0.05) is 24.3 Å². The van der Waals surface area contributed by atoms with Crippen molar-refractivity contribution in [3.8, 4) is 0 Å². The number of nitrogens with zero attached hydrogens (tertiary/aromatic N) is 1. The second kappa shape index (κ2) is 6.88. The Hall–Kier alpha value is -2.34. The lowest BCUT2D eigenvalue weighted by Gasteiger charge is -2.24. The van der Waals surface area contributed by atoms with E-state index >= 15 is 0 Å². The lowest BCUT2D eigenvalue weighted by atomic mass is 10.1. The molecule has 1 saturated carbocycles. The number of nitrogens with one attached hydrogen (secondary N) is 1. The number of benzene rings is 2. The molecule has 0 aromatic heterocycles. The number of aryl methyl sites for hydroxylation is 1. The maximum atomic E-state index is 13.2. The normalized spacial score (nSPS) is 14.2. The molecule has 1 N–H and O–H groups in total. The number of hydrogen-bond donors (Lipinski definition) is 1. The number of carbonyl (C=O) groups excluding carboxylic acids is 1. The molecule has 3 rings (SSSR count). The first-order chi connectivity index (χ1) is 11.9. The van der Waals surface area contributed by atoms with E-state index in [-0.39, 0.29) is 16.8 Å². The molecule has 0 unspecified atom stereocenters. The second-order valence-corrected chi connectivity index (χ2v) is 8.06. The Kier molecular flexibility index (Phi) is 4.81. The van der Waals surface area contributed by atoms with Crippen LogP contribution in [0.25, 0.3) is 0 Å². The lowest BCUT2D eigenvalue weighted by Crippen LogP contribution is -2.32. The van der Waals surface area contributed by atoms with E-state index in [1.165, 1.54) is 10.4 Å². The average Bonchev–Trinajstić information content (AvgIpc) is 3.40. The molecule has 2 aromatic carbocycles. The molecule has 0 spiro atoms. The predicted octanol–water partition coefficient (Wildman–Crippen LogP) is 3.10. The van der Waals surface area contributed by atoms with Crippen molar-refractivity contribution in [3.05, 3.63) is 59.7 Å². The largest absolute Gasteiger partial charge is 0.349 e. The first-order valence-corrected chi connectivity index (χ1v) is 9.87. The van der Waals surface area contributed by atoms with Crippen LogP contribution >= 0.6 is 0 Å². The maximum absolute atomic E-state index is 13.2. The zero-order chi connectivity index (χ0) is 18.0. The highest BCUT2D eigenvalue weighted by molar-refractivity contribution is 7.92. The highest BCUT2D eigenvalue weighted by Gasteiger charge is 2.28. The van der Waals surface area contributed by atoms with E-state index in [9.17, 15) is 13.2 Å². The molecule has 1 aliphatic carbocycles. The molecule has 0 saturated heterocycles. The number of hydrogen-bond acceptors (Lipinski definition) is 3. The van der Waals surface area contributed by atoms with E-state index in [1.807, 2.05) is 6.07 Å². The van der Waals surface area contributed by atoms with Gasteiger partial charge in [0, 0.05) is 18.2 Å². The SMILES string of the molecule is CCN(c1ccccc1)S(=O)(=O)c1cc(C(=O)NC2CC2)ccc1C. The van der Waals surface area contributed by atoms with Crippen molar-refractivity contribution < 1.29 is 13.2 Å². The van der Waals surface area contributed by atoms with Gasteiger partial charge in [0.25, 0.3) is 15.9 Å². The number of carbonyl (C=O) groups is 1. The first kappa shape index (κ1) is 17.5. The summed E-state index contributed by atoms with van der Waals surface area (Å²) >= 11 is 0. The fourth-order valence-corrected chi connectivity index (χ4v) is 4.45. The summed E-state index contributed by atoms with van der Waals surface area (Å²) in [6.07, 6.45) is 1.97. The Balaban J connectivity index is 1.99. The summed E-state index contributed by atoms with van der Waals surface area (Å²) in [5, 5.41) is 2.90. The Morgan fingerprint density at radius 3 is 2.44 bits per heavy atom. The molecule has 25 heavy (non-hydrogen) atoms. The Bertz CT molecular complexity index is 875. The van der Waals surface area contributed by atoms with E-state index in [2.05, 4.69) is 5.32 Å². The summed E-state index contributed by atoms with van der Waals surface area (Å²) in [6.45, 7) is 3.85. The van der Waals surface area contributed by atoms with Crippen LogP contribution in [-0.4, -0.2) is 26.9 Å². The van der Waals surface area contributed by atoms with E-state index < -0.39 is 10.0 Å². The molecule has 0 atom stereocenters. The van der Waals surface area contributed by atoms with Gasteiger partial charge >= 0.3 is 0 Å². The molecule has 1 aliphatic rings. The van der Waals surface area contributed by atoms with Gasteiger partial charge in [-0.25, -0.2) is 8.42 Å². The van der Waals surface area contributed by atoms with Crippen molar-refractivity contribution in [3.63, 3.8) is 0 Å². The molecule has 6 heteroatoms. The number of para-hydroxylation sites is 1. The number of anilines is 1. The third kappa shape index (κ3) is 3.69. The van der Waals surface area contributed by atoms with E-state index in [4.69, 9.17) is 0 Å². The molecule has 0 bridgehead atoms. The summed E-state index contributed by atoms with van der Waals surface area (Å²) in [5.74, 6) is -0.221. The summed E-state index contributed by atoms with van der Waals surface area (Å²) in [4.78, 5) is 12.4. The fourth-order valence-electron chi connectivity index (χ4n) is 2.72. The van der Waals surface area contributed by atoms with E-state index in [0.717, 1.165) is 12.8 Å². The van der Waals surface area contributed by atoms with Crippen molar-refractivity contribution in [2.24, 2.45) is 0 Å². The van der Waals surface area contributed by atoms with Gasteiger partial charge in [0.2, 0.25) is 0 Å². The van der Waals surface area contributed by atoms with Gasteiger partial charge < -0.3 is 5.32 Å². The van der Waals surface area contributed by atoms with Gasteiger partial charge in [-0.05, 0) is 56.5 Å². The van der Waals surface area contributed by atoms with Gasteiger partial charge in [-0.2, -0.15) is 0 Å². The van der Waals surface area contributed by atoms with Gasteiger partial charge in [0.15, 0.2) is 0 Å². The van der Waals surface area contributed by atoms with Crippen LogP contribution < -0.4 is 9.62 Å². The molecule has 0 heterocycles. The monoisotopic (exact) mass is 358 g/mol. The molecule has 0 aliphatic heterocycles. The summed E-state index contributed by atoms with van der Waals surface area (Å²) in [5.41, 5.74) is 1.61. The molecule has 1 amide bonds. The lowest BCUT2D eigenvalue weighted by molar-refractivity contribution is 0.0951. The van der Waals surface area contributed by atoms with Crippen molar-refractivity contribution in [1.82, 2.24) is 5.32 Å². The summed E-state index contributed by atoms with van der Waals surface area (Å²) in [7, 11) is -3.75. The third-order valence-corrected chi connectivity index (χ3v) is 6.31. The quantitative estimate of drug-likeness (QED) is 0.863. The summed E-state index contributed by atoms with van der Waals surface area (Å²) < 4.78 is 27.7. The maximum Gasteiger partial charge on any atom is 0.264 e. The Morgan fingerprint density at radius 2 is 1.84 bits per heavy atom. The minimum absolute atomic E-state index is 0.168. The Morgan fingerprint density at radius 1 is 1.16 bits per heavy atom. The van der Waals surface area contributed by atoms with Crippen molar-refractivity contribution in [1.29, 1.82) is 0 Å². The van der Waals surface area contributed by atoms with Crippen LogP contribution in [0.4, 0.5) is 5.69 Å². The van der Waals surface area contributed by atoms with Crippen LogP contribution in [0.1, 0.15) is 35.7 Å². The smallest absolute Gasteiger partial charge is 0.264 e. The molecular weight excluding hydrogens is 336 g/mol. The highest BCUT2D eigenvalue weighted by atomic mass is 32.2. The van der Waals surface area contributed by atoms with Crippen LogP contribution in [0.15, 0.2) is 53.4 Å². The van der Waals surface area contributed by atoms with Gasteiger partial charge in [-0.15, -0.1) is 0 Å². The molecular formula is C19H22N2O3S. The Labute approximate surface area is 148 Å². The minimum atomic E-state index is -3.75. The van der Waals surface area contributed by atoms with Crippen LogP contribution in [0.3, 0.4) is 0 Å². The van der Waals surface area contributed by atoms with Gasteiger partial charge in [-0.3, -0.25) is 9.10 Å². The number of sulfonamides is 1. The molecule has 0 radical (unpaired) electrons. The standard InChI is InChI=1S/C19H22N2O3S/c1-3-21(17-7-5-4-6-8-17)25(23,24)18-13-15(10-9-14(18)2)19(22)20-16-11-12-16/h4-10,13,16H,3,11-12H2,1-2H3,(H,20,22). The summed E-state index contributed by atoms with van der Waals surface area (Å²) in [6, 6.07) is 14.1. The van der Waals surface area contributed by atoms with Crippen LogP contribution in [0, 0.1) is 6.92 Å². The zero-order valence-electron chi connectivity index (χ0n) is 14.4. The molecule has 5 nitrogen and oxygen atoms in total.